The highest BCUT2D eigenvalue weighted by molar-refractivity contribution is 8.18. The molecule has 3 rings (SSSR count). The molecule has 2 aromatic carbocycles. The van der Waals surface area contributed by atoms with E-state index in [9.17, 15) is 9.59 Å². The van der Waals surface area contributed by atoms with E-state index in [4.69, 9.17) is 0 Å². The predicted molar refractivity (Wildman–Crippen MR) is 105 cm³/mol. The van der Waals surface area contributed by atoms with E-state index in [2.05, 4.69) is 15.0 Å². The van der Waals surface area contributed by atoms with Crippen LogP contribution in [0.2, 0.25) is 0 Å². The topological polar surface area (TPSA) is 67.8 Å². The number of ether oxygens (including phenoxy) is 1. The second kappa shape index (κ2) is 7.58. The maximum atomic E-state index is 12.2. The van der Waals surface area contributed by atoms with Crippen LogP contribution in [0.1, 0.15) is 27.0 Å². The van der Waals surface area contributed by atoms with Gasteiger partial charge in [-0.15, -0.1) is 0 Å². The van der Waals surface area contributed by atoms with Crippen LogP contribution < -0.4 is 5.32 Å². The molecule has 1 saturated heterocycles. The van der Waals surface area contributed by atoms with Gasteiger partial charge in [-0.05, 0) is 66.6 Å². The van der Waals surface area contributed by atoms with Crippen molar-refractivity contribution in [1.82, 2.24) is 5.32 Å². The summed E-state index contributed by atoms with van der Waals surface area (Å²) in [6.07, 6.45) is 1.77. The Labute approximate surface area is 156 Å². The Balaban J connectivity index is 1.81. The predicted octanol–water partition coefficient (Wildman–Crippen LogP) is 3.98. The van der Waals surface area contributed by atoms with Crippen LogP contribution in [0.3, 0.4) is 0 Å². The van der Waals surface area contributed by atoms with Gasteiger partial charge in [0.1, 0.15) is 0 Å². The lowest BCUT2D eigenvalue weighted by Gasteiger charge is -2.02. The Morgan fingerprint density at radius 1 is 1.15 bits per heavy atom. The molecule has 132 valence electrons. The first kappa shape index (κ1) is 17.9. The average Bonchev–Trinajstić information content (AvgIpc) is 2.97. The molecule has 0 aromatic heterocycles. The van der Waals surface area contributed by atoms with Crippen molar-refractivity contribution in [2.45, 2.75) is 13.8 Å². The number of aryl methyl sites for hydroxylation is 2. The summed E-state index contributed by atoms with van der Waals surface area (Å²) in [6, 6.07) is 12.9. The van der Waals surface area contributed by atoms with E-state index in [0.717, 1.165) is 22.4 Å². The van der Waals surface area contributed by atoms with E-state index < -0.39 is 0 Å². The smallest absolute Gasteiger partial charge is 0.337 e. The van der Waals surface area contributed by atoms with E-state index in [0.29, 0.717) is 15.6 Å². The molecule has 0 aliphatic carbocycles. The van der Waals surface area contributed by atoms with Gasteiger partial charge in [0.25, 0.3) is 5.91 Å². The number of carbonyl (C=O) groups excluding carboxylic acids is 2. The summed E-state index contributed by atoms with van der Waals surface area (Å²) in [7, 11) is 1.34. The normalized spacial score (nSPS) is 16.8. The van der Waals surface area contributed by atoms with E-state index >= 15 is 0 Å². The van der Waals surface area contributed by atoms with Crippen molar-refractivity contribution in [3.05, 3.63) is 69.6 Å². The van der Waals surface area contributed by atoms with E-state index in [1.54, 1.807) is 30.3 Å². The molecule has 1 amide bonds. The maximum absolute atomic E-state index is 12.2. The third kappa shape index (κ3) is 4.03. The number of methoxy groups -OCH3 is 1. The van der Waals surface area contributed by atoms with Gasteiger partial charge in [-0.25, -0.2) is 9.79 Å². The Hall–Kier alpha value is -2.86. The molecule has 1 N–H and O–H groups in total. The molecule has 1 heterocycles. The standard InChI is InChI=1S/C20H18N2O3S/c1-12-4-5-13(2)16(10-12)21-20-22-18(23)17(26-20)11-14-6-8-15(9-7-14)19(24)25-3/h4-11H,1-3H3,(H,21,22,23)/b17-11-. The number of benzene rings is 2. The minimum Gasteiger partial charge on any atom is -0.465 e. The van der Waals surface area contributed by atoms with Crippen LogP contribution in [-0.2, 0) is 9.53 Å². The quantitative estimate of drug-likeness (QED) is 0.659. The number of hydrogen-bond donors (Lipinski definition) is 1. The lowest BCUT2D eigenvalue weighted by Crippen LogP contribution is -2.19. The second-order valence-corrected chi connectivity index (χ2v) is 6.92. The summed E-state index contributed by atoms with van der Waals surface area (Å²) < 4.78 is 4.68. The minimum atomic E-state index is -0.389. The SMILES string of the molecule is COC(=O)c1ccc(/C=C2\SC(=Nc3cc(C)ccc3C)NC2=O)cc1. The molecule has 2 aromatic rings. The van der Waals surface area contributed by atoms with Gasteiger partial charge < -0.3 is 10.1 Å². The molecule has 0 atom stereocenters. The Morgan fingerprint density at radius 2 is 1.88 bits per heavy atom. The number of carbonyl (C=O) groups is 2. The number of aliphatic imine (C=N–C) groups is 1. The third-order valence-corrected chi connectivity index (χ3v) is 4.78. The fourth-order valence-electron chi connectivity index (χ4n) is 2.41. The summed E-state index contributed by atoms with van der Waals surface area (Å²) in [5.41, 5.74) is 4.30. The number of nitrogens with zero attached hydrogens (tertiary/aromatic N) is 1. The first-order chi connectivity index (χ1) is 12.5. The number of amidine groups is 1. The molecule has 0 radical (unpaired) electrons. The summed E-state index contributed by atoms with van der Waals surface area (Å²) >= 11 is 1.30. The van der Waals surface area contributed by atoms with E-state index in [1.807, 2.05) is 32.0 Å². The molecule has 6 heteroatoms. The highest BCUT2D eigenvalue weighted by Crippen LogP contribution is 2.29. The van der Waals surface area contributed by atoms with Gasteiger partial charge in [-0.1, -0.05) is 24.3 Å². The molecule has 0 bridgehead atoms. The molecule has 26 heavy (non-hydrogen) atoms. The number of thioether (sulfide) groups is 1. The zero-order chi connectivity index (χ0) is 18.7. The Kier molecular flexibility index (Phi) is 5.23. The van der Waals surface area contributed by atoms with Crippen molar-refractivity contribution in [2.24, 2.45) is 4.99 Å². The van der Waals surface area contributed by atoms with Crippen LogP contribution in [0.25, 0.3) is 6.08 Å². The first-order valence-electron chi connectivity index (χ1n) is 8.01. The Bertz CT molecular complexity index is 931. The van der Waals surface area contributed by atoms with Crippen LogP contribution in [-0.4, -0.2) is 24.2 Å². The number of nitrogens with one attached hydrogen (secondary N) is 1. The minimum absolute atomic E-state index is 0.184. The van der Waals surface area contributed by atoms with Gasteiger partial charge in [-0.3, -0.25) is 4.79 Å². The number of esters is 1. The molecular weight excluding hydrogens is 348 g/mol. The molecule has 0 spiro atoms. The lowest BCUT2D eigenvalue weighted by molar-refractivity contribution is -0.115. The van der Waals surface area contributed by atoms with Crippen LogP contribution in [0.5, 0.6) is 0 Å². The zero-order valence-corrected chi connectivity index (χ0v) is 15.5. The second-order valence-electron chi connectivity index (χ2n) is 5.89. The van der Waals surface area contributed by atoms with Crippen LogP contribution in [0.4, 0.5) is 5.69 Å². The summed E-state index contributed by atoms with van der Waals surface area (Å²) in [6.45, 7) is 3.99. The fourth-order valence-corrected chi connectivity index (χ4v) is 3.25. The fraction of sp³-hybridized carbons (Fsp3) is 0.150. The lowest BCUT2D eigenvalue weighted by atomic mass is 10.1. The number of hydrogen-bond acceptors (Lipinski definition) is 5. The summed E-state index contributed by atoms with van der Waals surface area (Å²) in [4.78, 5) is 28.8. The van der Waals surface area contributed by atoms with Gasteiger partial charge in [0, 0.05) is 0 Å². The van der Waals surface area contributed by atoms with Crippen molar-refractivity contribution < 1.29 is 14.3 Å². The highest BCUT2D eigenvalue weighted by atomic mass is 32.2. The average molecular weight is 366 g/mol. The van der Waals surface area contributed by atoms with Crippen LogP contribution in [0.15, 0.2) is 52.4 Å². The molecule has 1 fully saturated rings. The molecule has 0 unspecified atom stereocenters. The van der Waals surface area contributed by atoms with Crippen molar-refractivity contribution in [2.75, 3.05) is 7.11 Å². The maximum Gasteiger partial charge on any atom is 0.337 e. The van der Waals surface area contributed by atoms with E-state index in [1.165, 1.54) is 18.9 Å². The van der Waals surface area contributed by atoms with Crippen LogP contribution in [0, 0.1) is 13.8 Å². The van der Waals surface area contributed by atoms with Crippen molar-refractivity contribution in [3.63, 3.8) is 0 Å². The van der Waals surface area contributed by atoms with Crippen molar-refractivity contribution in [1.29, 1.82) is 0 Å². The molecule has 1 aliphatic heterocycles. The van der Waals surface area contributed by atoms with Gasteiger partial charge in [0.15, 0.2) is 5.17 Å². The molecular formula is C20H18N2O3S. The first-order valence-corrected chi connectivity index (χ1v) is 8.83. The monoisotopic (exact) mass is 366 g/mol. The van der Waals surface area contributed by atoms with Gasteiger partial charge in [-0.2, -0.15) is 0 Å². The highest BCUT2D eigenvalue weighted by Gasteiger charge is 2.24. The van der Waals surface area contributed by atoms with Gasteiger partial charge in [0.05, 0.1) is 23.3 Å². The van der Waals surface area contributed by atoms with E-state index in [-0.39, 0.29) is 11.9 Å². The summed E-state index contributed by atoms with van der Waals surface area (Å²) in [5, 5.41) is 3.35. The van der Waals surface area contributed by atoms with Crippen molar-refractivity contribution >= 4 is 40.6 Å². The van der Waals surface area contributed by atoms with Crippen LogP contribution >= 0.6 is 11.8 Å². The largest absolute Gasteiger partial charge is 0.465 e. The summed E-state index contributed by atoms with van der Waals surface area (Å²) in [5.74, 6) is -0.573. The molecule has 0 saturated carbocycles. The third-order valence-electron chi connectivity index (χ3n) is 3.87. The zero-order valence-electron chi connectivity index (χ0n) is 14.7. The molecule has 5 nitrogen and oxygen atoms in total. The van der Waals surface area contributed by atoms with Gasteiger partial charge in [0.2, 0.25) is 0 Å². The van der Waals surface area contributed by atoms with Crippen molar-refractivity contribution in [3.8, 4) is 0 Å². The number of rotatable bonds is 3. The Morgan fingerprint density at radius 3 is 2.58 bits per heavy atom. The van der Waals surface area contributed by atoms with Gasteiger partial charge >= 0.3 is 5.97 Å². The number of amides is 1. The molecule has 1 aliphatic rings.